The SMILES string of the molecule is Cc1cccc(NC(=O)COc2ccc([C@@H]3c4sc(=O)[nH]c4S[C@H]4C(=O)N(c5ccc(Cl)cc5)C(=O)[C@@H]34)cc2)c1. The number of aromatic nitrogens is 1. The summed E-state index contributed by atoms with van der Waals surface area (Å²) in [4.78, 5) is 56.4. The Morgan fingerprint density at radius 3 is 2.50 bits per heavy atom. The third kappa shape index (κ3) is 4.94. The van der Waals surface area contributed by atoms with E-state index in [0.717, 1.165) is 27.3 Å². The lowest BCUT2D eigenvalue weighted by Gasteiger charge is -2.29. The molecule has 2 N–H and O–H groups in total. The summed E-state index contributed by atoms with van der Waals surface area (Å²) in [5, 5.41) is 3.22. The Hall–Kier alpha value is -3.86. The van der Waals surface area contributed by atoms with Gasteiger partial charge in [0.1, 0.15) is 11.0 Å². The Morgan fingerprint density at radius 1 is 1.02 bits per heavy atom. The van der Waals surface area contributed by atoms with Crippen LogP contribution in [0.25, 0.3) is 0 Å². The molecule has 1 saturated heterocycles. The molecule has 0 bridgehead atoms. The maximum Gasteiger partial charge on any atom is 0.305 e. The van der Waals surface area contributed by atoms with Gasteiger partial charge in [-0.05, 0) is 66.6 Å². The van der Waals surface area contributed by atoms with Crippen molar-refractivity contribution in [2.24, 2.45) is 5.92 Å². The highest BCUT2D eigenvalue weighted by Gasteiger charge is 2.56. The Labute approximate surface area is 242 Å². The number of carbonyl (C=O) groups excluding carboxylic acids is 3. The minimum Gasteiger partial charge on any atom is -0.484 e. The van der Waals surface area contributed by atoms with E-state index in [9.17, 15) is 19.2 Å². The van der Waals surface area contributed by atoms with Gasteiger partial charge in [-0.15, -0.1) is 0 Å². The molecule has 2 aliphatic heterocycles. The number of aryl methyl sites for hydroxylation is 1. The van der Waals surface area contributed by atoms with Gasteiger partial charge in [0, 0.05) is 21.5 Å². The first-order chi connectivity index (χ1) is 19.3. The Balaban J connectivity index is 1.24. The van der Waals surface area contributed by atoms with Crippen molar-refractivity contribution in [1.82, 2.24) is 4.98 Å². The van der Waals surface area contributed by atoms with Crippen molar-refractivity contribution < 1.29 is 19.1 Å². The standard InChI is InChI=1S/C29H22ClN3O5S2/c1-15-3-2-4-18(13-15)31-21(34)14-38-20-11-5-16(6-12-20)22-23-25(39-26-24(22)40-29(37)32-26)28(36)33(27(23)35)19-9-7-17(30)8-10-19/h2-13,22-23,25H,14H2,1H3,(H,31,34)(H,32,37)/t22-,23-,25+/m0/s1. The number of hydrogen-bond donors (Lipinski definition) is 2. The van der Waals surface area contributed by atoms with E-state index in [2.05, 4.69) is 10.3 Å². The molecule has 4 aromatic rings. The fourth-order valence-electron chi connectivity index (χ4n) is 5.06. The van der Waals surface area contributed by atoms with E-state index in [-0.39, 0.29) is 29.2 Å². The highest BCUT2D eigenvalue weighted by molar-refractivity contribution is 8.00. The Bertz CT molecular complexity index is 1680. The van der Waals surface area contributed by atoms with Crippen LogP contribution in [0.2, 0.25) is 5.02 Å². The summed E-state index contributed by atoms with van der Waals surface area (Å²) in [5.41, 5.74) is 2.95. The zero-order valence-electron chi connectivity index (χ0n) is 21.1. The summed E-state index contributed by atoms with van der Waals surface area (Å²) in [5.74, 6) is -1.67. The molecular weight excluding hydrogens is 570 g/mol. The summed E-state index contributed by atoms with van der Waals surface area (Å²) in [6.45, 7) is 1.77. The number of benzene rings is 3. The summed E-state index contributed by atoms with van der Waals surface area (Å²) >= 11 is 8.29. The molecule has 0 saturated carbocycles. The number of nitrogens with one attached hydrogen (secondary N) is 2. The molecule has 0 unspecified atom stereocenters. The second kappa shape index (κ2) is 10.6. The fourth-order valence-corrected chi connectivity index (χ4v) is 7.70. The largest absolute Gasteiger partial charge is 0.484 e. The number of anilines is 2. The molecule has 202 valence electrons. The van der Waals surface area contributed by atoms with E-state index in [1.165, 1.54) is 16.7 Å². The smallest absolute Gasteiger partial charge is 0.305 e. The molecule has 6 rings (SSSR count). The molecule has 0 aliphatic carbocycles. The Kier molecular flexibility index (Phi) is 6.99. The molecule has 3 atom stereocenters. The van der Waals surface area contributed by atoms with Crippen molar-refractivity contribution >= 4 is 63.8 Å². The average molecular weight is 592 g/mol. The van der Waals surface area contributed by atoms with E-state index in [4.69, 9.17) is 16.3 Å². The number of nitrogens with zero attached hydrogens (tertiary/aromatic N) is 1. The van der Waals surface area contributed by atoms with Crippen LogP contribution in [0.4, 0.5) is 11.4 Å². The number of hydrogen-bond acceptors (Lipinski definition) is 7. The minimum absolute atomic E-state index is 0.176. The quantitative estimate of drug-likeness (QED) is 0.298. The molecule has 40 heavy (non-hydrogen) atoms. The zero-order chi connectivity index (χ0) is 28.0. The number of H-pyrrole nitrogens is 1. The number of carbonyl (C=O) groups is 3. The van der Waals surface area contributed by atoms with Crippen LogP contribution in [0, 0.1) is 12.8 Å². The van der Waals surface area contributed by atoms with Crippen LogP contribution in [0.5, 0.6) is 5.75 Å². The highest BCUT2D eigenvalue weighted by atomic mass is 35.5. The second-order valence-corrected chi connectivity index (χ2v) is 12.1. The third-order valence-electron chi connectivity index (χ3n) is 6.82. The average Bonchev–Trinajstić information content (AvgIpc) is 3.42. The highest BCUT2D eigenvalue weighted by Crippen LogP contribution is 2.53. The zero-order valence-corrected chi connectivity index (χ0v) is 23.4. The van der Waals surface area contributed by atoms with E-state index >= 15 is 0 Å². The van der Waals surface area contributed by atoms with Crippen molar-refractivity contribution in [1.29, 1.82) is 0 Å². The number of rotatable bonds is 6. The first-order valence-corrected chi connectivity index (χ1v) is 14.5. The first-order valence-electron chi connectivity index (χ1n) is 12.4. The van der Waals surface area contributed by atoms with Crippen molar-refractivity contribution in [3.8, 4) is 5.75 Å². The van der Waals surface area contributed by atoms with E-state index in [0.29, 0.717) is 27.2 Å². The van der Waals surface area contributed by atoms with Crippen molar-refractivity contribution in [3.63, 3.8) is 0 Å². The lowest BCUT2D eigenvalue weighted by Crippen LogP contribution is -2.32. The number of aromatic amines is 1. The number of thiazole rings is 1. The van der Waals surface area contributed by atoms with Crippen molar-refractivity contribution in [3.05, 3.63) is 103 Å². The van der Waals surface area contributed by atoms with Crippen LogP contribution in [0.3, 0.4) is 0 Å². The van der Waals surface area contributed by atoms with E-state index < -0.39 is 17.1 Å². The maximum atomic E-state index is 13.8. The molecule has 0 spiro atoms. The lowest BCUT2D eigenvalue weighted by atomic mass is 9.83. The number of fused-ring (bicyclic) bond motifs is 2. The van der Waals surface area contributed by atoms with Gasteiger partial charge in [-0.3, -0.25) is 19.2 Å². The van der Waals surface area contributed by atoms with Gasteiger partial charge in [-0.1, -0.05) is 59.0 Å². The normalized spacial score (nSPS) is 19.8. The van der Waals surface area contributed by atoms with Gasteiger partial charge in [0.25, 0.3) is 5.91 Å². The van der Waals surface area contributed by atoms with E-state index in [1.807, 2.05) is 43.3 Å². The van der Waals surface area contributed by atoms with Gasteiger partial charge in [0.15, 0.2) is 6.61 Å². The molecule has 3 amide bonds. The van der Waals surface area contributed by atoms with Crippen molar-refractivity contribution in [2.75, 3.05) is 16.8 Å². The van der Waals surface area contributed by atoms with Crippen LogP contribution in [-0.2, 0) is 14.4 Å². The van der Waals surface area contributed by atoms with Gasteiger partial charge < -0.3 is 15.0 Å². The topological polar surface area (TPSA) is 109 Å². The van der Waals surface area contributed by atoms with Crippen LogP contribution in [0.1, 0.15) is 21.9 Å². The van der Waals surface area contributed by atoms with Crippen LogP contribution in [0.15, 0.2) is 82.6 Å². The number of halogens is 1. The lowest BCUT2D eigenvalue weighted by molar-refractivity contribution is -0.122. The molecular formula is C29H22ClN3O5S2. The molecule has 8 nitrogen and oxygen atoms in total. The Morgan fingerprint density at radius 2 is 1.77 bits per heavy atom. The van der Waals surface area contributed by atoms with E-state index in [1.54, 1.807) is 36.4 Å². The van der Waals surface area contributed by atoms with Crippen molar-refractivity contribution in [2.45, 2.75) is 23.1 Å². The molecule has 11 heteroatoms. The molecule has 2 aliphatic rings. The molecule has 1 fully saturated rings. The van der Waals surface area contributed by atoms with Gasteiger partial charge in [0.05, 0.1) is 16.6 Å². The predicted octanol–water partition coefficient (Wildman–Crippen LogP) is 5.21. The predicted molar refractivity (Wildman–Crippen MR) is 156 cm³/mol. The van der Waals surface area contributed by atoms with Gasteiger partial charge in [-0.25, -0.2) is 4.90 Å². The maximum absolute atomic E-state index is 13.8. The molecule has 3 heterocycles. The van der Waals surface area contributed by atoms with Crippen LogP contribution >= 0.6 is 34.7 Å². The number of amides is 3. The third-order valence-corrected chi connectivity index (χ3v) is 9.47. The number of imide groups is 1. The van der Waals surface area contributed by atoms with Gasteiger partial charge >= 0.3 is 4.87 Å². The summed E-state index contributed by atoms with van der Waals surface area (Å²) in [6.07, 6.45) is 0. The monoisotopic (exact) mass is 591 g/mol. The van der Waals surface area contributed by atoms with Gasteiger partial charge in [0.2, 0.25) is 11.8 Å². The molecule has 1 aromatic heterocycles. The number of ether oxygens (including phenoxy) is 1. The number of thioether (sulfide) groups is 1. The molecule has 3 aromatic carbocycles. The first kappa shape index (κ1) is 26.4. The fraction of sp³-hybridized carbons (Fsp3) is 0.172. The summed E-state index contributed by atoms with van der Waals surface area (Å²) in [7, 11) is 0. The van der Waals surface area contributed by atoms with Gasteiger partial charge in [-0.2, -0.15) is 0 Å². The van der Waals surface area contributed by atoms with Crippen LogP contribution in [-0.4, -0.2) is 34.6 Å². The second-order valence-electron chi connectivity index (χ2n) is 9.51. The van der Waals surface area contributed by atoms with Crippen LogP contribution < -0.4 is 19.8 Å². The summed E-state index contributed by atoms with van der Waals surface area (Å²) < 4.78 is 5.69. The minimum atomic E-state index is -0.695. The molecule has 0 radical (unpaired) electrons. The summed E-state index contributed by atoms with van der Waals surface area (Å²) in [6, 6.07) is 21.1.